The van der Waals surface area contributed by atoms with Crippen LogP contribution in [0.15, 0.2) is 10.9 Å². The van der Waals surface area contributed by atoms with Gasteiger partial charge in [-0.15, -0.1) is 21.5 Å². The fraction of sp³-hybridized carbons (Fsp3) is 0.375. The quantitative estimate of drug-likeness (QED) is 0.825. The predicted octanol–water partition coefficient (Wildman–Crippen LogP) is 1.19. The first-order chi connectivity index (χ1) is 6.77. The average Bonchev–Trinajstić information content (AvgIpc) is 2.77. The smallest absolute Gasteiger partial charge is 0.224 e. The van der Waals surface area contributed by atoms with Gasteiger partial charge in [0.1, 0.15) is 5.82 Å². The van der Waals surface area contributed by atoms with Crippen molar-refractivity contribution in [1.82, 2.24) is 19.7 Å². The maximum absolute atomic E-state index is 4.17. The van der Waals surface area contributed by atoms with Gasteiger partial charge in [0.15, 0.2) is 0 Å². The molecule has 0 aliphatic rings. The van der Waals surface area contributed by atoms with Crippen LogP contribution in [0.1, 0.15) is 11.5 Å². The summed E-state index contributed by atoms with van der Waals surface area (Å²) in [7, 11) is 1.93. The number of nitrogens with zero attached hydrogens (tertiary/aromatic N) is 4. The lowest BCUT2D eigenvalue weighted by Gasteiger charge is -2.02. The van der Waals surface area contributed by atoms with Crippen molar-refractivity contribution in [1.29, 1.82) is 0 Å². The number of rotatable bonds is 3. The summed E-state index contributed by atoms with van der Waals surface area (Å²) in [5.74, 6) is 1.67. The van der Waals surface area contributed by atoms with E-state index in [-0.39, 0.29) is 0 Å². The highest BCUT2D eigenvalue weighted by molar-refractivity contribution is 7.07. The standard InChI is InChI=1S/C8H11N5S/c1-6-11-12-8(13(6)2)9-3-7-4-14-5-10-7/h4-5H,3H2,1-2H3,(H,9,12). The van der Waals surface area contributed by atoms with Crippen LogP contribution in [0.4, 0.5) is 5.95 Å². The molecule has 6 heteroatoms. The fourth-order valence-corrected chi connectivity index (χ4v) is 1.61. The van der Waals surface area contributed by atoms with E-state index in [2.05, 4.69) is 20.5 Å². The van der Waals surface area contributed by atoms with Crippen molar-refractivity contribution >= 4 is 17.3 Å². The third-order valence-electron chi connectivity index (χ3n) is 2.00. The van der Waals surface area contributed by atoms with E-state index in [4.69, 9.17) is 0 Å². The first-order valence-electron chi connectivity index (χ1n) is 4.24. The van der Waals surface area contributed by atoms with Crippen LogP contribution >= 0.6 is 11.3 Å². The topological polar surface area (TPSA) is 55.6 Å². The molecular weight excluding hydrogens is 198 g/mol. The molecule has 14 heavy (non-hydrogen) atoms. The van der Waals surface area contributed by atoms with Crippen LogP contribution in [0, 0.1) is 6.92 Å². The summed E-state index contributed by atoms with van der Waals surface area (Å²) in [6.07, 6.45) is 0. The summed E-state index contributed by atoms with van der Waals surface area (Å²) < 4.78 is 1.91. The number of aryl methyl sites for hydroxylation is 1. The molecule has 0 bridgehead atoms. The normalized spacial score (nSPS) is 10.4. The van der Waals surface area contributed by atoms with Gasteiger partial charge in [0.2, 0.25) is 5.95 Å². The van der Waals surface area contributed by atoms with E-state index >= 15 is 0 Å². The predicted molar refractivity (Wildman–Crippen MR) is 55.2 cm³/mol. The van der Waals surface area contributed by atoms with Gasteiger partial charge in [-0.25, -0.2) is 4.98 Å². The van der Waals surface area contributed by atoms with Crippen molar-refractivity contribution in [3.63, 3.8) is 0 Å². The number of nitrogens with one attached hydrogen (secondary N) is 1. The Morgan fingerprint density at radius 3 is 2.93 bits per heavy atom. The molecule has 2 aromatic heterocycles. The Morgan fingerprint density at radius 1 is 1.50 bits per heavy atom. The van der Waals surface area contributed by atoms with Gasteiger partial charge in [0.25, 0.3) is 0 Å². The molecule has 2 aromatic rings. The summed E-state index contributed by atoms with van der Waals surface area (Å²) in [4.78, 5) is 4.17. The van der Waals surface area contributed by atoms with Crippen molar-refractivity contribution in [3.8, 4) is 0 Å². The Labute approximate surface area is 85.8 Å². The molecule has 2 heterocycles. The molecule has 0 amide bonds. The molecule has 0 atom stereocenters. The zero-order valence-electron chi connectivity index (χ0n) is 8.06. The van der Waals surface area contributed by atoms with Crippen molar-refractivity contribution in [2.45, 2.75) is 13.5 Å². The third kappa shape index (κ3) is 1.74. The Balaban J connectivity index is 2.02. The minimum Gasteiger partial charge on any atom is -0.349 e. The molecule has 5 nitrogen and oxygen atoms in total. The van der Waals surface area contributed by atoms with Gasteiger partial charge in [0.05, 0.1) is 17.7 Å². The summed E-state index contributed by atoms with van der Waals surface area (Å²) in [6, 6.07) is 0. The highest BCUT2D eigenvalue weighted by Gasteiger charge is 2.03. The van der Waals surface area contributed by atoms with Crippen LogP contribution in [-0.4, -0.2) is 19.7 Å². The molecule has 74 valence electrons. The van der Waals surface area contributed by atoms with E-state index in [0.29, 0.717) is 6.54 Å². The van der Waals surface area contributed by atoms with Gasteiger partial charge >= 0.3 is 0 Å². The van der Waals surface area contributed by atoms with Crippen molar-refractivity contribution in [3.05, 3.63) is 22.4 Å². The highest BCUT2D eigenvalue weighted by Crippen LogP contribution is 2.06. The zero-order chi connectivity index (χ0) is 9.97. The lowest BCUT2D eigenvalue weighted by Crippen LogP contribution is -2.05. The van der Waals surface area contributed by atoms with Crippen LogP contribution < -0.4 is 5.32 Å². The number of hydrogen-bond acceptors (Lipinski definition) is 5. The summed E-state index contributed by atoms with van der Waals surface area (Å²) in [6.45, 7) is 2.61. The molecule has 0 radical (unpaired) electrons. The highest BCUT2D eigenvalue weighted by atomic mass is 32.1. The van der Waals surface area contributed by atoms with Crippen LogP contribution in [0.3, 0.4) is 0 Å². The van der Waals surface area contributed by atoms with Crippen molar-refractivity contribution in [2.24, 2.45) is 7.05 Å². The lowest BCUT2D eigenvalue weighted by atomic mass is 10.5. The molecule has 0 saturated heterocycles. The van der Waals surface area contributed by atoms with Crippen LogP contribution in [0.5, 0.6) is 0 Å². The van der Waals surface area contributed by atoms with Gasteiger partial charge in [-0.2, -0.15) is 0 Å². The van der Waals surface area contributed by atoms with Crippen LogP contribution in [-0.2, 0) is 13.6 Å². The third-order valence-corrected chi connectivity index (χ3v) is 2.64. The van der Waals surface area contributed by atoms with E-state index in [9.17, 15) is 0 Å². The second-order valence-corrected chi connectivity index (χ2v) is 3.68. The first-order valence-corrected chi connectivity index (χ1v) is 5.18. The Kier molecular flexibility index (Phi) is 2.45. The molecule has 0 unspecified atom stereocenters. The summed E-state index contributed by atoms with van der Waals surface area (Å²) >= 11 is 1.59. The fourth-order valence-electron chi connectivity index (χ4n) is 1.06. The monoisotopic (exact) mass is 209 g/mol. The molecule has 0 fully saturated rings. The van der Waals surface area contributed by atoms with Crippen molar-refractivity contribution < 1.29 is 0 Å². The van der Waals surface area contributed by atoms with E-state index < -0.39 is 0 Å². The summed E-state index contributed by atoms with van der Waals surface area (Å²) in [5, 5.41) is 13.1. The van der Waals surface area contributed by atoms with E-state index in [1.54, 1.807) is 11.3 Å². The second kappa shape index (κ2) is 3.75. The van der Waals surface area contributed by atoms with E-state index in [0.717, 1.165) is 17.5 Å². The Hall–Kier alpha value is -1.43. The van der Waals surface area contributed by atoms with Crippen LogP contribution in [0.25, 0.3) is 0 Å². The Bertz CT molecular complexity index is 405. The van der Waals surface area contributed by atoms with Crippen molar-refractivity contribution in [2.75, 3.05) is 5.32 Å². The number of thiazole rings is 1. The van der Waals surface area contributed by atoms with Crippen LogP contribution in [0.2, 0.25) is 0 Å². The second-order valence-electron chi connectivity index (χ2n) is 2.96. The lowest BCUT2D eigenvalue weighted by molar-refractivity contribution is 0.852. The molecule has 0 aromatic carbocycles. The minimum absolute atomic E-state index is 0.690. The molecule has 2 rings (SSSR count). The molecule has 1 N–H and O–H groups in total. The van der Waals surface area contributed by atoms with E-state index in [1.165, 1.54) is 0 Å². The van der Waals surface area contributed by atoms with Gasteiger partial charge in [-0.1, -0.05) is 0 Å². The van der Waals surface area contributed by atoms with Gasteiger partial charge in [0, 0.05) is 12.4 Å². The number of anilines is 1. The first kappa shape index (κ1) is 9.14. The summed E-state index contributed by atoms with van der Waals surface area (Å²) in [5.41, 5.74) is 2.84. The van der Waals surface area contributed by atoms with Gasteiger partial charge in [-0.05, 0) is 6.92 Å². The Morgan fingerprint density at radius 2 is 2.36 bits per heavy atom. The SMILES string of the molecule is Cc1nnc(NCc2cscn2)n1C. The zero-order valence-corrected chi connectivity index (χ0v) is 8.88. The maximum Gasteiger partial charge on any atom is 0.224 e. The van der Waals surface area contributed by atoms with Gasteiger partial charge < -0.3 is 9.88 Å². The molecule has 0 spiro atoms. The number of aromatic nitrogens is 4. The maximum atomic E-state index is 4.17. The molecular formula is C8H11N5S. The largest absolute Gasteiger partial charge is 0.349 e. The average molecular weight is 209 g/mol. The minimum atomic E-state index is 0.690. The molecule has 0 aliphatic carbocycles. The molecule has 0 saturated carbocycles. The van der Waals surface area contributed by atoms with Gasteiger partial charge in [-0.3, -0.25) is 0 Å². The molecule has 0 aliphatic heterocycles. The number of hydrogen-bond donors (Lipinski definition) is 1. The van der Waals surface area contributed by atoms with E-state index in [1.807, 2.05) is 29.4 Å².